The van der Waals surface area contributed by atoms with Crippen LogP contribution in [0.3, 0.4) is 0 Å². The molecule has 0 spiro atoms. The highest BCUT2D eigenvalue weighted by Crippen LogP contribution is 2.24. The normalized spacial score (nSPS) is 12.6. The Morgan fingerprint density at radius 2 is 1.54 bits per heavy atom. The topological polar surface area (TPSA) is 38.2 Å². The molecule has 1 aliphatic heterocycles. The van der Waals surface area contributed by atoms with Crippen LogP contribution < -0.4 is 9.64 Å². The Bertz CT molecular complexity index is 782. The van der Waals surface area contributed by atoms with Crippen LogP contribution in [0, 0.1) is 0 Å². The summed E-state index contributed by atoms with van der Waals surface area (Å²) in [5, 5.41) is 0. The van der Waals surface area contributed by atoms with Gasteiger partial charge in [-0.15, -0.1) is 0 Å². The summed E-state index contributed by atoms with van der Waals surface area (Å²) in [5.74, 6) is 1.69. The second-order valence-electron chi connectivity index (χ2n) is 5.91. The summed E-state index contributed by atoms with van der Waals surface area (Å²) in [6.07, 6.45) is 5.01. The summed E-state index contributed by atoms with van der Waals surface area (Å²) in [6.45, 7) is 6.75. The average molecular weight is 347 g/mol. The van der Waals surface area contributed by atoms with E-state index in [-0.39, 0.29) is 0 Å². The highest BCUT2D eigenvalue weighted by Gasteiger charge is 2.15. The molecule has 3 heterocycles. The molecular formula is C22H25N3O. The molecule has 1 saturated heterocycles. The molecule has 0 N–H and O–H groups in total. The van der Waals surface area contributed by atoms with Gasteiger partial charge in [-0.1, -0.05) is 44.2 Å². The lowest BCUT2D eigenvalue weighted by atomic mass is 10.1. The molecule has 1 aliphatic rings. The van der Waals surface area contributed by atoms with Gasteiger partial charge in [-0.25, -0.2) is 9.97 Å². The number of benzene rings is 1. The van der Waals surface area contributed by atoms with Crippen molar-refractivity contribution in [1.29, 1.82) is 0 Å². The third-order valence-electron chi connectivity index (χ3n) is 4.23. The number of anilines is 1. The number of hydrogen-bond donors (Lipinski definition) is 0. The van der Waals surface area contributed by atoms with E-state index in [1.807, 2.05) is 68.7 Å². The molecule has 134 valence electrons. The molecule has 1 fully saturated rings. The first-order valence-corrected chi connectivity index (χ1v) is 9.23. The van der Waals surface area contributed by atoms with Crippen LogP contribution >= 0.6 is 0 Å². The van der Waals surface area contributed by atoms with Crippen molar-refractivity contribution in [1.82, 2.24) is 9.97 Å². The van der Waals surface area contributed by atoms with Crippen molar-refractivity contribution in [2.75, 3.05) is 18.0 Å². The van der Waals surface area contributed by atoms with Gasteiger partial charge in [0.1, 0.15) is 12.4 Å². The monoisotopic (exact) mass is 347 g/mol. The van der Waals surface area contributed by atoms with Gasteiger partial charge in [0.05, 0.1) is 0 Å². The minimum absolute atomic E-state index is 0.527. The first-order valence-electron chi connectivity index (χ1n) is 9.23. The molecule has 4 heteroatoms. The Balaban J connectivity index is 0.000000948. The predicted octanol–water partition coefficient (Wildman–Crippen LogP) is 4.96. The fourth-order valence-electron chi connectivity index (χ4n) is 2.66. The SMILES string of the molecule is CC.c1ccc(COc2ccc(-c3ccc(N4CCC4)nc3)cn2)cc1. The van der Waals surface area contributed by atoms with Gasteiger partial charge in [-0.05, 0) is 30.2 Å². The Hall–Kier alpha value is -2.88. The van der Waals surface area contributed by atoms with Gasteiger partial charge >= 0.3 is 0 Å². The van der Waals surface area contributed by atoms with Gasteiger partial charge in [0.15, 0.2) is 0 Å². The number of ether oxygens (including phenoxy) is 1. The summed E-state index contributed by atoms with van der Waals surface area (Å²) < 4.78 is 5.72. The Morgan fingerprint density at radius 1 is 0.846 bits per heavy atom. The van der Waals surface area contributed by atoms with E-state index in [9.17, 15) is 0 Å². The fourth-order valence-corrected chi connectivity index (χ4v) is 2.66. The van der Waals surface area contributed by atoms with Crippen LogP contribution in [0.25, 0.3) is 11.1 Å². The number of aromatic nitrogens is 2. The highest BCUT2D eigenvalue weighted by molar-refractivity contribution is 5.63. The van der Waals surface area contributed by atoms with Crippen molar-refractivity contribution in [3.8, 4) is 17.0 Å². The molecule has 4 rings (SSSR count). The predicted molar refractivity (Wildman–Crippen MR) is 106 cm³/mol. The van der Waals surface area contributed by atoms with Crippen LogP contribution in [0.15, 0.2) is 67.0 Å². The average Bonchev–Trinajstić information content (AvgIpc) is 2.69. The van der Waals surface area contributed by atoms with E-state index in [1.165, 1.54) is 6.42 Å². The summed E-state index contributed by atoms with van der Waals surface area (Å²) >= 11 is 0. The van der Waals surface area contributed by atoms with E-state index in [0.29, 0.717) is 12.5 Å². The molecule has 0 bridgehead atoms. The number of rotatable bonds is 5. The minimum atomic E-state index is 0.527. The summed E-state index contributed by atoms with van der Waals surface area (Å²) in [7, 11) is 0. The minimum Gasteiger partial charge on any atom is -0.473 e. The maximum Gasteiger partial charge on any atom is 0.213 e. The number of hydrogen-bond acceptors (Lipinski definition) is 4. The zero-order valence-electron chi connectivity index (χ0n) is 15.4. The van der Waals surface area contributed by atoms with Crippen molar-refractivity contribution in [2.45, 2.75) is 26.9 Å². The maximum absolute atomic E-state index is 5.72. The van der Waals surface area contributed by atoms with E-state index >= 15 is 0 Å². The fraction of sp³-hybridized carbons (Fsp3) is 0.273. The first kappa shape index (κ1) is 17.9. The van der Waals surface area contributed by atoms with E-state index < -0.39 is 0 Å². The van der Waals surface area contributed by atoms with Crippen LogP contribution in [0.4, 0.5) is 5.82 Å². The zero-order valence-corrected chi connectivity index (χ0v) is 15.4. The smallest absolute Gasteiger partial charge is 0.213 e. The van der Waals surface area contributed by atoms with E-state index in [2.05, 4.69) is 27.0 Å². The first-order chi connectivity index (χ1) is 12.9. The quantitative estimate of drug-likeness (QED) is 0.654. The van der Waals surface area contributed by atoms with E-state index in [4.69, 9.17) is 4.74 Å². The molecule has 0 aliphatic carbocycles. The van der Waals surface area contributed by atoms with Gasteiger partial charge < -0.3 is 9.64 Å². The van der Waals surface area contributed by atoms with Gasteiger partial charge in [0.25, 0.3) is 0 Å². The molecule has 0 unspecified atom stereocenters. The van der Waals surface area contributed by atoms with Crippen molar-refractivity contribution >= 4 is 5.82 Å². The van der Waals surface area contributed by atoms with E-state index in [1.54, 1.807) is 0 Å². The van der Waals surface area contributed by atoms with Gasteiger partial charge in [-0.2, -0.15) is 0 Å². The van der Waals surface area contributed by atoms with E-state index in [0.717, 1.165) is 35.6 Å². The number of pyridine rings is 2. The molecule has 0 saturated carbocycles. The molecule has 0 atom stereocenters. The van der Waals surface area contributed by atoms with Gasteiger partial charge in [-0.3, -0.25) is 0 Å². The van der Waals surface area contributed by atoms with Crippen LogP contribution in [0.1, 0.15) is 25.8 Å². The molecule has 3 aromatic rings. The van der Waals surface area contributed by atoms with Crippen molar-refractivity contribution in [2.24, 2.45) is 0 Å². The Labute approximate surface area is 155 Å². The largest absolute Gasteiger partial charge is 0.473 e. The third-order valence-corrected chi connectivity index (χ3v) is 4.23. The molecular weight excluding hydrogens is 322 g/mol. The molecule has 26 heavy (non-hydrogen) atoms. The van der Waals surface area contributed by atoms with Crippen molar-refractivity contribution in [3.05, 3.63) is 72.6 Å². The van der Waals surface area contributed by atoms with Crippen LogP contribution in [0.5, 0.6) is 5.88 Å². The lowest BCUT2D eigenvalue weighted by Crippen LogP contribution is -2.37. The summed E-state index contributed by atoms with van der Waals surface area (Å²) in [4.78, 5) is 11.2. The van der Waals surface area contributed by atoms with Crippen molar-refractivity contribution in [3.63, 3.8) is 0 Å². The van der Waals surface area contributed by atoms with Crippen LogP contribution in [-0.2, 0) is 6.61 Å². The standard InChI is InChI=1S/C20H19N3O.C2H6/c1-2-5-16(6-3-1)15-24-20-10-8-18(14-22-20)17-7-9-19(21-13-17)23-11-4-12-23;1-2/h1-3,5-10,13-14H,4,11-12,15H2;1-2H3. The molecule has 0 amide bonds. The van der Waals surface area contributed by atoms with Crippen LogP contribution in [-0.4, -0.2) is 23.1 Å². The summed E-state index contributed by atoms with van der Waals surface area (Å²) in [5.41, 5.74) is 3.25. The summed E-state index contributed by atoms with van der Waals surface area (Å²) in [6, 6.07) is 18.2. The van der Waals surface area contributed by atoms with Gasteiger partial charge in [0.2, 0.25) is 5.88 Å². The van der Waals surface area contributed by atoms with Gasteiger partial charge in [0, 0.05) is 42.7 Å². The van der Waals surface area contributed by atoms with Crippen LogP contribution in [0.2, 0.25) is 0 Å². The molecule has 0 radical (unpaired) electrons. The Kier molecular flexibility index (Phi) is 6.20. The lowest BCUT2D eigenvalue weighted by Gasteiger charge is -2.31. The third kappa shape index (κ3) is 4.39. The molecule has 2 aromatic heterocycles. The Morgan fingerprint density at radius 3 is 2.08 bits per heavy atom. The molecule has 4 nitrogen and oxygen atoms in total. The second kappa shape index (κ2) is 8.99. The highest BCUT2D eigenvalue weighted by atomic mass is 16.5. The van der Waals surface area contributed by atoms with Crippen molar-refractivity contribution < 1.29 is 4.74 Å². The lowest BCUT2D eigenvalue weighted by molar-refractivity contribution is 0.294. The zero-order chi connectivity index (χ0) is 18.2. The molecule has 1 aromatic carbocycles. The number of nitrogens with zero attached hydrogens (tertiary/aromatic N) is 3. The maximum atomic E-state index is 5.72. The second-order valence-corrected chi connectivity index (χ2v) is 5.91.